The molecule has 1 fully saturated rings. The Morgan fingerprint density at radius 1 is 1.19 bits per heavy atom. The van der Waals surface area contributed by atoms with E-state index in [-0.39, 0.29) is 5.75 Å². The van der Waals surface area contributed by atoms with Gasteiger partial charge in [-0.2, -0.15) is 0 Å². The highest BCUT2D eigenvalue weighted by Crippen LogP contribution is 2.38. The van der Waals surface area contributed by atoms with Crippen LogP contribution in [0.4, 0.5) is 18.9 Å². The van der Waals surface area contributed by atoms with Crippen LogP contribution < -0.4 is 10.6 Å². The summed E-state index contributed by atoms with van der Waals surface area (Å²) in [6.45, 7) is 1.41. The van der Waals surface area contributed by atoms with Crippen LogP contribution in [0.5, 0.6) is 0 Å². The number of amides is 2. The second kappa shape index (κ2) is 7.99. The van der Waals surface area contributed by atoms with Gasteiger partial charge in [0.05, 0.1) is 18.0 Å². The Balaban J connectivity index is 1.47. The first-order valence-electron chi connectivity index (χ1n) is 8.11. The molecular formula is C16H16F3N5O2S. The van der Waals surface area contributed by atoms with Gasteiger partial charge < -0.3 is 15.2 Å². The summed E-state index contributed by atoms with van der Waals surface area (Å²) in [7, 11) is 0. The standard InChI is InChI=1S/C16H16F3N5O2S/c1-8-22-23-16(24(8)9-2-3-9)27-7-13(26)20-6-12(25)21-11-5-4-10(17)14(18)15(11)19/h4-5,9H,2-3,6-7H2,1H3,(H,20,26)(H,21,25). The number of anilines is 1. The summed E-state index contributed by atoms with van der Waals surface area (Å²) >= 11 is 1.20. The second-order valence-electron chi connectivity index (χ2n) is 5.97. The molecular weight excluding hydrogens is 383 g/mol. The van der Waals surface area contributed by atoms with E-state index in [2.05, 4.69) is 20.8 Å². The summed E-state index contributed by atoms with van der Waals surface area (Å²) in [4.78, 5) is 23.6. The first-order chi connectivity index (χ1) is 12.9. The average Bonchev–Trinajstić information content (AvgIpc) is 3.41. The molecule has 2 N–H and O–H groups in total. The molecule has 0 spiro atoms. The van der Waals surface area contributed by atoms with Crippen molar-refractivity contribution in [1.29, 1.82) is 0 Å². The van der Waals surface area contributed by atoms with Crippen molar-refractivity contribution in [2.75, 3.05) is 17.6 Å². The number of hydrogen-bond acceptors (Lipinski definition) is 5. The maximum Gasteiger partial charge on any atom is 0.243 e. The van der Waals surface area contributed by atoms with Crippen molar-refractivity contribution in [3.8, 4) is 0 Å². The highest BCUT2D eigenvalue weighted by molar-refractivity contribution is 7.99. The molecule has 144 valence electrons. The molecule has 3 rings (SSSR count). The van der Waals surface area contributed by atoms with Crippen LogP contribution in [0.15, 0.2) is 17.3 Å². The van der Waals surface area contributed by atoms with Crippen molar-refractivity contribution < 1.29 is 22.8 Å². The van der Waals surface area contributed by atoms with Crippen LogP contribution in [0.25, 0.3) is 0 Å². The minimum absolute atomic E-state index is 0.0255. The van der Waals surface area contributed by atoms with E-state index in [0.29, 0.717) is 17.3 Å². The molecule has 27 heavy (non-hydrogen) atoms. The van der Waals surface area contributed by atoms with Crippen LogP contribution in [0.1, 0.15) is 24.7 Å². The zero-order valence-corrected chi connectivity index (χ0v) is 15.1. The molecule has 1 aliphatic rings. The molecule has 0 saturated heterocycles. The number of aryl methyl sites for hydroxylation is 1. The van der Waals surface area contributed by atoms with Gasteiger partial charge >= 0.3 is 0 Å². The molecule has 7 nitrogen and oxygen atoms in total. The smallest absolute Gasteiger partial charge is 0.243 e. The molecule has 0 unspecified atom stereocenters. The monoisotopic (exact) mass is 399 g/mol. The molecule has 11 heteroatoms. The third-order valence-electron chi connectivity index (χ3n) is 3.83. The number of nitrogens with one attached hydrogen (secondary N) is 2. The summed E-state index contributed by atoms with van der Waals surface area (Å²) in [5.74, 6) is -4.92. The number of hydrogen-bond donors (Lipinski definition) is 2. The van der Waals surface area contributed by atoms with Crippen molar-refractivity contribution in [1.82, 2.24) is 20.1 Å². The normalized spacial score (nSPS) is 13.5. The van der Waals surface area contributed by atoms with E-state index in [9.17, 15) is 22.8 Å². The van der Waals surface area contributed by atoms with Gasteiger partial charge in [-0.05, 0) is 31.9 Å². The van der Waals surface area contributed by atoms with Crippen LogP contribution in [0.2, 0.25) is 0 Å². The molecule has 0 aliphatic heterocycles. The topological polar surface area (TPSA) is 88.9 Å². The molecule has 0 bridgehead atoms. The van der Waals surface area contributed by atoms with Gasteiger partial charge in [-0.25, -0.2) is 13.2 Å². The molecule has 2 amide bonds. The summed E-state index contributed by atoms with van der Waals surface area (Å²) in [6, 6.07) is 1.97. The van der Waals surface area contributed by atoms with Gasteiger partial charge in [-0.3, -0.25) is 9.59 Å². The third kappa shape index (κ3) is 4.59. The number of carbonyl (C=O) groups excluding carboxylic acids is 2. The van der Waals surface area contributed by atoms with Gasteiger partial charge in [0.15, 0.2) is 22.6 Å². The number of rotatable bonds is 7. The summed E-state index contributed by atoms with van der Waals surface area (Å²) in [6.07, 6.45) is 2.11. The van der Waals surface area contributed by atoms with Gasteiger partial charge in [0.1, 0.15) is 5.82 Å². The third-order valence-corrected chi connectivity index (χ3v) is 4.78. The molecule has 0 radical (unpaired) electrons. The number of carbonyl (C=O) groups is 2. The first-order valence-corrected chi connectivity index (χ1v) is 9.09. The van der Waals surface area contributed by atoms with Crippen molar-refractivity contribution in [2.24, 2.45) is 0 Å². The zero-order valence-electron chi connectivity index (χ0n) is 14.3. The van der Waals surface area contributed by atoms with Crippen LogP contribution in [0, 0.1) is 24.4 Å². The Morgan fingerprint density at radius 3 is 2.63 bits per heavy atom. The summed E-state index contributed by atoms with van der Waals surface area (Å²) in [5, 5.41) is 13.1. The lowest BCUT2D eigenvalue weighted by molar-refractivity contribution is -0.122. The molecule has 0 atom stereocenters. The maximum absolute atomic E-state index is 13.5. The minimum Gasteiger partial charge on any atom is -0.346 e. The number of nitrogens with zero attached hydrogens (tertiary/aromatic N) is 3. The van der Waals surface area contributed by atoms with Crippen molar-refractivity contribution in [3.05, 3.63) is 35.4 Å². The predicted octanol–water partition coefficient (Wildman–Crippen LogP) is 2.19. The van der Waals surface area contributed by atoms with Crippen LogP contribution >= 0.6 is 11.8 Å². The molecule has 1 saturated carbocycles. The van der Waals surface area contributed by atoms with E-state index in [1.807, 2.05) is 11.5 Å². The van der Waals surface area contributed by atoms with Gasteiger partial charge in [-0.15, -0.1) is 10.2 Å². The van der Waals surface area contributed by atoms with Crippen molar-refractivity contribution in [2.45, 2.75) is 31.0 Å². The first kappa shape index (κ1) is 19.2. The number of thioether (sulfide) groups is 1. The second-order valence-corrected chi connectivity index (χ2v) is 6.91. The molecule has 1 aromatic carbocycles. The maximum atomic E-state index is 13.5. The lowest BCUT2D eigenvalue weighted by Crippen LogP contribution is -2.34. The highest BCUT2D eigenvalue weighted by Gasteiger charge is 2.28. The van der Waals surface area contributed by atoms with E-state index in [1.54, 1.807) is 0 Å². The molecule has 1 heterocycles. The fourth-order valence-corrected chi connectivity index (χ4v) is 3.26. The Morgan fingerprint density at radius 2 is 1.93 bits per heavy atom. The molecule has 1 aromatic heterocycles. The Bertz CT molecular complexity index is 885. The van der Waals surface area contributed by atoms with Crippen LogP contribution in [-0.2, 0) is 9.59 Å². The van der Waals surface area contributed by atoms with Crippen LogP contribution in [-0.4, -0.2) is 38.9 Å². The van der Waals surface area contributed by atoms with E-state index in [0.717, 1.165) is 24.7 Å². The van der Waals surface area contributed by atoms with Gasteiger partial charge in [0, 0.05) is 6.04 Å². The molecule has 1 aliphatic carbocycles. The minimum atomic E-state index is -1.68. The number of aromatic nitrogens is 3. The Labute approximate surface area is 156 Å². The van der Waals surface area contributed by atoms with Crippen molar-refractivity contribution >= 4 is 29.3 Å². The number of halogens is 3. The average molecular weight is 399 g/mol. The Kier molecular flexibility index (Phi) is 5.68. The largest absolute Gasteiger partial charge is 0.346 e. The van der Waals surface area contributed by atoms with Gasteiger partial charge in [0.25, 0.3) is 0 Å². The number of benzene rings is 1. The van der Waals surface area contributed by atoms with E-state index < -0.39 is 41.5 Å². The lowest BCUT2D eigenvalue weighted by atomic mass is 10.2. The predicted molar refractivity (Wildman–Crippen MR) is 91.7 cm³/mol. The Hall–Kier alpha value is -2.56. The molecule has 2 aromatic rings. The quantitative estimate of drug-likeness (QED) is 0.550. The zero-order chi connectivity index (χ0) is 19.6. The van der Waals surface area contributed by atoms with Crippen molar-refractivity contribution in [3.63, 3.8) is 0 Å². The summed E-state index contributed by atoms with van der Waals surface area (Å²) in [5.41, 5.74) is -0.504. The van der Waals surface area contributed by atoms with E-state index in [4.69, 9.17) is 0 Å². The van der Waals surface area contributed by atoms with E-state index >= 15 is 0 Å². The van der Waals surface area contributed by atoms with Gasteiger partial charge in [-0.1, -0.05) is 11.8 Å². The van der Waals surface area contributed by atoms with E-state index in [1.165, 1.54) is 11.8 Å². The van der Waals surface area contributed by atoms with Gasteiger partial charge in [0.2, 0.25) is 11.8 Å². The SMILES string of the molecule is Cc1nnc(SCC(=O)NCC(=O)Nc2ccc(F)c(F)c2F)n1C1CC1. The lowest BCUT2D eigenvalue weighted by Gasteiger charge is -2.09. The fourth-order valence-electron chi connectivity index (χ4n) is 2.38. The summed E-state index contributed by atoms with van der Waals surface area (Å²) < 4.78 is 41.5. The highest BCUT2D eigenvalue weighted by atomic mass is 32.2. The fraction of sp³-hybridized carbons (Fsp3) is 0.375. The van der Waals surface area contributed by atoms with Crippen LogP contribution in [0.3, 0.4) is 0 Å².